The maximum atomic E-state index is 12.7. The molecule has 5 nitrogen and oxygen atoms in total. The maximum Gasteiger partial charge on any atom is 0.253 e. The molecule has 2 aliphatic rings. The molecular weight excluding hydrogens is 348 g/mol. The van der Waals surface area contributed by atoms with Crippen LogP contribution < -0.4 is 5.32 Å². The first-order valence-electron chi connectivity index (χ1n) is 9.86. The molecule has 26 heavy (non-hydrogen) atoms. The van der Waals surface area contributed by atoms with Gasteiger partial charge in [0.15, 0.2) is 9.84 Å². The summed E-state index contributed by atoms with van der Waals surface area (Å²) < 4.78 is 25.3. The number of nitrogens with zero attached hydrogens (tertiary/aromatic N) is 1. The third kappa shape index (κ3) is 4.29. The van der Waals surface area contributed by atoms with Gasteiger partial charge in [-0.25, -0.2) is 8.42 Å². The molecule has 1 aromatic carbocycles. The van der Waals surface area contributed by atoms with E-state index in [1.165, 1.54) is 0 Å². The monoisotopic (exact) mass is 378 g/mol. The zero-order chi connectivity index (χ0) is 18.6. The van der Waals surface area contributed by atoms with Gasteiger partial charge in [0.1, 0.15) is 0 Å². The fraction of sp³-hybridized carbons (Fsp3) is 0.650. The fourth-order valence-electron chi connectivity index (χ4n) is 4.05. The number of carbonyl (C=O) groups excluding carboxylic acids is 1. The number of hydrogen-bond donors (Lipinski definition) is 1. The highest BCUT2D eigenvalue weighted by Crippen LogP contribution is 2.29. The van der Waals surface area contributed by atoms with E-state index in [-0.39, 0.29) is 11.2 Å². The molecule has 1 heterocycles. The second-order valence-corrected chi connectivity index (χ2v) is 9.75. The summed E-state index contributed by atoms with van der Waals surface area (Å²) in [6.07, 6.45) is 5.53. The lowest BCUT2D eigenvalue weighted by molar-refractivity contribution is 0.0690. The van der Waals surface area contributed by atoms with Crippen LogP contribution in [0.5, 0.6) is 0 Å². The number of piperidine rings is 1. The van der Waals surface area contributed by atoms with Gasteiger partial charge in [-0.3, -0.25) is 4.79 Å². The summed E-state index contributed by atoms with van der Waals surface area (Å²) in [5, 5.41) is 3.13. The molecule has 1 saturated heterocycles. The van der Waals surface area contributed by atoms with Crippen molar-refractivity contribution in [2.45, 2.75) is 55.6 Å². The average molecular weight is 379 g/mol. The van der Waals surface area contributed by atoms with Crippen molar-refractivity contribution in [3.05, 3.63) is 29.8 Å². The highest BCUT2D eigenvalue weighted by atomic mass is 32.2. The van der Waals surface area contributed by atoms with E-state index in [0.29, 0.717) is 16.4 Å². The molecule has 0 unspecified atom stereocenters. The van der Waals surface area contributed by atoms with E-state index < -0.39 is 9.84 Å². The Hall–Kier alpha value is -1.40. The van der Waals surface area contributed by atoms with Crippen LogP contribution in [0.2, 0.25) is 0 Å². The minimum Gasteiger partial charge on any atom is -0.339 e. The van der Waals surface area contributed by atoms with Crippen molar-refractivity contribution in [2.24, 2.45) is 5.92 Å². The van der Waals surface area contributed by atoms with Crippen LogP contribution in [0.1, 0.15) is 55.8 Å². The van der Waals surface area contributed by atoms with E-state index in [1.807, 2.05) is 4.90 Å². The number of benzene rings is 1. The number of sulfone groups is 1. The van der Waals surface area contributed by atoms with Gasteiger partial charge in [-0.15, -0.1) is 0 Å². The number of rotatable bonds is 6. The van der Waals surface area contributed by atoms with Gasteiger partial charge in [0, 0.05) is 18.7 Å². The van der Waals surface area contributed by atoms with Crippen LogP contribution >= 0.6 is 0 Å². The molecule has 1 amide bonds. The van der Waals surface area contributed by atoms with Gasteiger partial charge in [0.25, 0.3) is 5.91 Å². The summed E-state index contributed by atoms with van der Waals surface area (Å²) in [6, 6.07) is 6.57. The van der Waals surface area contributed by atoms with Gasteiger partial charge in [-0.05, 0) is 69.0 Å². The Morgan fingerprint density at radius 1 is 1.08 bits per heavy atom. The Kier molecular flexibility index (Phi) is 6.35. The van der Waals surface area contributed by atoms with E-state index >= 15 is 0 Å². The highest BCUT2D eigenvalue weighted by molar-refractivity contribution is 7.92. The molecule has 0 atom stereocenters. The Bertz CT molecular complexity index is 701. The Morgan fingerprint density at radius 2 is 1.69 bits per heavy atom. The van der Waals surface area contributed by atoms with Crippen molar-refractivity contribution in [1.82, 2.24) is 10.2 Å². The van der Waals surface area contributed by atoms with Gasteiger partial charge in [0.05, 0.1) is 10.1 Å². The maximum absolute atomic E-state index is 12.7. The third-order valence-electron chi connectivity index (χ3n) is 5.76. The van der Waals surface area contributed by atoms with Gasteiger partial charge in [-0.2, -0.15) is 0 Å². The topological polar surface area (TPSA) is 66.5 Å². The molecule has 3 rings (SSSR count). The van der Waals surface area contributed by atoms with Crippen LogP contribution in [0, 0.1) is 5.92 Å². The van der Waals surface area contributed by atoms with E-state index in [1.54, 1.807) is 24.3 Å². The lowest BCUT2D eigenvalue weighted by Gasteiger charge is -2.32. The molecule has 0 radical (unpaired) electrons. The lowest BCUT2D eigenvalue weighted by atomic mass is 9.96. The first kappa shape index (κ1) is 19.4. The minimum absolute atomic E-state index is 0.0108. The van der Waals surface area contributed by atoms with Crippen LogP contribution in [0.15, 0.2) is 29.2 Å². The standard InChI is InChI=1S/C20H30N2O3S/c1-2-21-15-16-11-13-22(14-12-16)20(23)17-7-9-19(10-8-17)26(24,25)18-5-3-4-6-18/h7-10,16,18,21H,2-6,11-15H2,1H3. The average Bonchev–Trinajstić information content (AvgIpc) is 3.22. The summed E-state index contributed by atoms with van der Waals surface area (Å²) in [6.45, 7) is 5.66. The Morgan fingerprint density at radius 3 is 2.27 bits per heavy atom. The predicted octanol–water partition coefficient (Wildman–Crippen LogP) is 2.86. The molecule has 0 bridgehead atoms. The predicted molar refractivity (Wildman–Crippen MR) is 103 cm³/mol. The van der Waals surface area contributed by atoms with Gasteiger partial charge in [-0.1, -0.05) is 19.8 Å². The van der Waals surface area contributed by atoms with Crippen molar-refractivity contribution in [3.8, 4) is 0 Å². The molecule has 1 N–H and O–H groups in total. The van der Waals surface area contributed by atoms with Gasteiger partial charge < -0.3 is 10.2 Å². The van der Waals surface area contributed by atoms with E-state index in [9.17, 15) is 13.2 Å². The molecule has 1 aromatic rings. The molecule has 0 aromatic heterocycles. The van der Waals surface area contributed by atoms with Crippen LogP contribution in [0.25, 0.3) is 0 Å². The minimum atomic E-state index is -3.25. The zero-order valence-corrected chi connectivity index (χ0v) is 16.4. The summed E-state index contributed by atoms with van der Waals surface area (Å²) in [5.74, 6) is 0.648. The molecule has 1 saturated carbocycles. The quantitative estimate of drug-likeness (QED) is 0.827. The van der Waals surface area contributed by atoms with Crippen LogP contribution in [0.4, 0.5) is 0 Å². The van der Waals surface area contributed by atoms with Crippen molar-refractivity contribution in [2.75, 3.05) is 26.2 Å². The van der Waals surface area contributed by atoms with Crippen LogP contribution in [-0.4, -0.2) is 50.7 Å². The molecular formula is C20H30N2O3S. The normalized spacial score (nSPS) is 19.8. The van der Waals surface area contributed by atoms with Crippen molar-refractivity contribution >= 4 is 15.7 Å². The van der Waals surface area contributed by atoms with Crippen molar-refractivity contribution in [3.63, 3.8) is 0 Å². The van der Waals surface area contributed by atoms with Crippen LogP contribution in [-0.2, 0) is 9.84 Å². The molecule has 2 fully saturated rings. The Balaban J connectivity index is 1.61. The summed E-state index contributed by atoms with van der Waals surface area (Å²) in [7, 11) is -3.25. The second-order valence-electron chi connectivity index (χ2n) is 7.52. The molecule has 6 heteroatoms. The SMILES string of the molecule is CCNCC1CCN(C(=O)c2ccc(S(=O)(=O)C3CCCC3)cc2)CC1. The Labute approximate surface area is 157 Å². The number of carbonyl (C=O) groups is 1. The molecule has 1 aliphatic carbocycles. The van der Waals surface area contributed by atoms with E-state index in [0.717, 1.165) is 64.7 Å². The van der Waals surface area contributed by atoms with Crippen molar-refractivity contribution in [1.29, 1.82) is 0 Å². The smallest absolute Gasteiger partial charge is 0.253 e. The summed E-state index contributed by atoms with van der Waals surface area (Å²) in [4.78, 5) is 14.9. The fourth-order valence-corrected chi connectivity index (χ4v) is 5.90. The number of likely N-dealkylation sites (tertiary alicyclic amines) is 1. The van der Waals surface area contributed by atoms with Gasteiger partial charge >= 0.3 is 0 Å². The largest absolute Gasteiger partial charge is 0.339 e. The highest BCUT2D eigenvalue weighted by Gasteiger charge is 2.30. The lowest BCUT2D eigenvalue weighted by Crippen LogP contribution is -2.40. The zero-order valence-electron chi connectivity index (χ0n) is 15.6. The van der Waals surface area contributed by atoms with Gasteiger partial charge in [0.2, 0.25) is 0 Å². The molecule has 0 spiro atoms. The van der Waals surface area contributed by atoms with E-state index in [4.69, 9.17) is 0 Å². The summed E-state index contributed by atoms with van der Waals surface area (Å²) in [5.41, 5.74) is 0.584. The molecule has 1 aliphatic heterocycles. The first-order chi connectivity index (χ1) is 12.5. The van der Waals surface area contributed by atoms with Crippen LogP contribution in [0.3, 0.4) is 0 Å². The van der Waals surface area contributed by atoms with E-state index in [2.05, 4.69) is 12.2 Å². The third-order valence-corrected chi connectivity index (χ3v) is 8.03. The molecule has 144 valence electrons. The number of nitrogens with one attached hydrogen (secondary N) is 1. The van der Waals surface area contributed by atoms with Crippen molar-refractivity contribution < 1.29 is 13.2 Å². The first-order valence-corrected chi connectivity index (χ1v) is 11.4. The number of amides is 1. The second kappa shape index (κ2) is 8.53. The number of hydrogen-bond acceptors (Lipinski definition) is 4. The summed E-state index contributed by atoms with van der Waals surface area (Å²) >= 11 is 0.